The Bertz CT molecular complexity index is 1240. The molecule has 3 nitrogen and oxygen atoms in total. The highest BCUT2D eigenvalue weighted by molar-refractivity contribution is 6.30. The number of halogens is 1. The van der Waals surface area contributed by atoms with E-state index in [0.717, 1.165) is 41.7 Å². The topological polar surface area (TPSA) is 24.5 Å². The van der Waals surface area contributed by atoms with Gasteiger partial charge in [0.05, 0.1) is 5.69 Å². The van der Waals surface area contributed by atoms with Crippen molar-refractivity contribution in [3.8, 4) is 11.5 Å². The fourth-order valence-corrected chi connectivity index (χ4v) is 5.85. The van der Waals surface area contributed by atoms with Crippen molar-refractivity contribution >= 4 is 17.3 Å². The molecule has 0 radical (unpaired) electrons. The zero-order valence-electron chi connectivity index (χ0n) is 19.2. The summed E-state index contributed by atoms with van der Waals surface area (Å²) < 4.78 is 6.52. The number of hydrogen-bond donors (Lipinski definition) is 1. The van der Waals surface area contributed by atoms with Crippen LogP contribution in [-0.4, -0.2) is 13.1 Å². The molecule has 3 aliphatic rings. The normalized spacial score (nSPS) is 20.5. The number of rotatable bonds is 5. The molecule has 0 bridgehead atoms. The molecule has 2 heterocycles. The van der Waals surface area contributed by atoms with Gasteiger partial charge >= 0.3 is 0 Å². The van der Waals surface area contributed by atoms with Crippen LogP contribution in [0.2, 0.25) is 5.02 Å². The van der Waals surface area contributed by atoms with Crippen molar-refractivity contribution in [1.29, 1.82) is 0 Å². The van der Waals surface area contributed by atoms with Crippen LogP contribution in [0, 0.1) is 0 Å². The smallest absolute Gasteiger partial charge is 0.151 e. The fourth-order valence-electron chi connectivity index (χ4n) is 5.72. The molecule has 172 valence electrons. The maximum atomic E-state index is 6.52. The predicted molar refractivity (Wildman–Crippen MR) is 140 cm³/mol. The van der Waals surface area contributed by atoms with E-state index in [0.29, 0.717) is 0 Å². The molecular formula is C30H29ClN2O. The van der Waals surface area contributed by atoms with Gasteiger partial charge in [-0.15, -0.1) is 0 Å². The molecule has 1 N–H and O–H groups in total. The summed E-state index contributed by atoms with van der Waals surface area (Å²) in [7, 11) is 0. The van der Waals surface area contributed by atoms with Crippen LogP contribution in [0.1, 0.15) is 42.0 Å². The van der Waals surface area contributed by atoms with Crippen LogP contribution < -0.4 is 15.0 Å². The van der Waals surface area contributed by atoms with Gasteiger partial charge in [-0.2, -0.15) is 0 Å². The molecule has 0 aromatic heterocycles. The Morgan fingerprint density at radius 1 is 0.971 bits per heavy atom. The second-order valence-corrected chi connectivity index (χ2v) is 9.94. The van der Waals surface area contributed by atoms with Crippen molar-refractivity contribution in [2.45, 2.75) is 37.1 Å². The molecule has 0 spiro atoms. The first-order chi connectivity index (χ1) is 16.7. The van der Waals surface area contributed by atoms with Gasteiger partial charge < -0.3 is 15.0 Å². The first-order valence-electron chi connectivity index (χ1n) is 12.2. The van der Waals surface area contributed by atoms with E-state index >= 15 is 0 Å². The molecule has 6 rings (SSSR count). The molecule has 4 heteroatoms. The standard InChI is InChI=1S/C30H29ClN2O/c31-24-12-10-23(11-13-24)30(16-6-17-30)29-26-21-25(14-9-22(26)15-18-32-29)34-28-8-3-2-7-27(28)33-19-4-1-5-20-33/h1-5,7-14,19,21,29,32H,6,15-18,20H2. The first-order valence-corrected chi connectivity index (χ1v) is 12.6. The molecule has 3 aromatic carbocycles. The van der Waals surface area contributed by atoms with Crippen LogP contribution >= 0.6 is 11.6 Å². The van der Waals surface area contributed by atoms with Gasteiger partial charge in [-0.05, 0) is 85.0 Å². The van der Waals surface area contributed by atoms with Gasteiger partial charge in [0.2, 0.25) is 0 Å². The lowest BCUT2D eigenvalue weighted by atomic mass is 9.58. The van der Waals surface area contributed by atoms with E-state index in [4.69, 9.17) is 16.3 Å². The van der Waals surface area contributed by atoms with Crippen LogP contribution in [0.5, 0.6) is 11.5 Å². The summed E-state index contributed by atoms with van der Waals surface area (Å²) >= 11 is 6.21. The molecule has 3 aromatic rings. The summed E-state index contributed by atoms with van der Waals surface area (Å²) in [6.07, 6.45) is 13.1. The molecule has 1 unspecified atom stereocenters. The molecule has 0 saturated heterocycles. The van der Waals surface area contributed by atoms with Crippen molar-refractivity contribution in [2.24, 2.45) is 0 Å². The fraction of sp³-hybridized carbons (Fsp3) is 0.267. The predicted octanol–water partition coefficient (Wildman–Crippen LogP) is 7.33. The Morgan fingerprint density at radius 3 is 2.59 bits per heavy atom. The number of allylic oxidation sites excluding steroid dienone is 2. The lowest BCUT2D eigenvalue weighted by Gasteiger charge is -2.50. The summed E-state index contributed by atoms with van der Waals surface area (Å²) in [6, 6.07) is 23.7. The molecule has 2 aliphatic heterocycles. The Kier molecular flexibility index (Phi) is 5.68. The van der Waals surface area contributed by atoms with E-state index in [2.05, 4.69) is 83.2 Å². The largest absolute Gasteiger partial charge is 0.455 e. The minimum Gasteiger partial charge on any atom is -0.455 e. The second-order valence-electron chi connectivity index (χ2n) is 9.51. The van der Waals surface area contributed by atoms with Gasteiger partial charge in [0.15, 0.2) is 5.75 Å². The average molecular weight is 469 g/mol. The lowest BCUT2D eigenvalue weighted by Crippen LogP contribution is -2.49. The molecule has 34 heavy (non-hydrogen) atoms. The maximum absolute atomic E-state index is 6.52. The first kappa shape index (κ1) is 21.5. The zero-order valence-corrected chi connectivity index (χ0v) is 20.0. The summed E-state index contributed by atoms with van der Waals surface area (Å²) in [5.41, 5.74) is 5.37. The molecule has 0 amide bonds. The second kappa shape index (κ2) is 8.98. The third kappa shape index (κ3) is 3.83. The highest BCUT2D eigenvalue weighted by Crippen LogP contribution is 2.54. The van der Waals surface area contributed by atoms with Gasteiger partial charge in [0, 0.05) is 29.2 Å². The molecule has 1 atom stereocenters. The number of nitrogens with one attached hydrogen (secondary N) is 1. The van der Waals surface area contributed by atoms with Gasteiger partial charge in [0.25, 0.3) is 0 Å². The summed E-state index contributed by atoms with van der Waals surface area (Å²) in [5, 5.41) is 4.67. The SMILES string of the molecule is Clc1ccc(C2(C3NCCc4ccc(Oc5ccccc5N5C=CC=CC5)cc43)CCC2)cc1. The molecule has 1 saturated carbocycles. The Morgan fingerprint density at radius 2 is 1.82 bits per heavy atom. The van der Waals surface area contributed by atoms with Crippen molar-refractivity contribution in [3.05, 3.63) is 113 Å². The van der Waals surface area contributed by atoms with E-state index in [9.17, 15) is 0 Å². The highest BCUT2D eigenvalue weighted by atomic mass is 35.5. The van der Waals surface area contributed by atoms with Crippen LogP contribution in [-0.2, 0) is 11.8 Å². The van der Waals surface area contributed by atoms with E-state index in [-0.39, 0.29) is 11.5 Å². The number of benzene rings is 3. The quantitative estimate of drug-likeness (QED) is 0.424. The molecular weight excluding hydrogens is 440 g/mol. The van der Waals surface area contributed by atoms with E-state index in [1.165, 1.54) is 36.0 Å². The third-order valence-electron chi connectivity index (χ3n) is 7.61. The van der Waals surface area contributed by atoms with Crippen molar-refractivity contribution in [2.75, 3.05) is 18.0 Å². The number of anilines is 1. The Balaban J connectivity index is 1.34. The third-order valence-corrected chi connectivity index (χ3v) is 7.86. The summed E-state index contributed by atoms with van der Waals surface area (Å²) in [4.78, 5) is 2.21. The van der Waals surface area contributed by atoms with Gasteiger partial charge in [-0.1, -0.05) is 60.5 Å². The Hall–Kier alpha value is -3.01. The maximum Gasteiger partial charge on any atom is 0.151 e. The van der Waals surface area contributed by atoms with Gasteiger partial charge in [0.1, 0.15) is 5.75 Å². The van der Waals surface area contributed by atoms with Crippen LogP contribution in [0.3, 0.4) is 0 Å². The zero-order chi connectivity index (χ0) is 23.0. The van der Waals surface area contributed by atoms with Crippen molar-refractivity contribution in [3.63, 3.8) is 0 Å². The van der Waals surface area contributed by atoms with Gasteiger partial charge in [-0.25, -0.2) is 0 Å². The van der Waals surface area contributed by atoms with E-state index < -0.39 is 0 Å². The number of nitrogens with zero attached hydrogens (tertiary/aromatic N) is 1. The highest BCUT2D eigenvalue weighted by Gasteiger charge is 2.47. The van der Waals surface area contributed by atoms with Crippen molar-refractivity contribution in [1.82, 2.24) is 5.32 Å². The van der Waals surface area contributed by atoms with Gasteiger partial charge in [-0.3, -0.25) is 0 Å². The average Bonchev–Trinajstić information content (AvgIpc) is 2.86. The number of ether oxygens (including phenoxy) is 1. The van der Waals surface area contributed by atoms with Crippen LogP contribution in [0.15, 0.2) is 91.2 Å². The van der Waals surface area contributed by atoms with E-state index in [1.54, 1.807) is 0 Å². The van der Waals surface area contributed by atoms with Crippen molar-refractivity contribution < 1.29 is 4.74 Å². The number of fused-ring (bicyclic) bond motifs is 1. The Labute approximate surface area is 206 Å². The minimum absolute atomic E-state index is 0.112. The number of hydrogen-bond acceptors (Lipinski definition) is 3. The number of para-hydroxylation sites is 2. The van der Waals surface area contributed by atoms with E-state index in [1.807, 2.05) is 18.2 Å². The lowest BCUT2D eigenvalue weighted by molar-refractivity contribution is 0.164. The van der Waals surface area contributed by atoms with Crippen LogP contribution in [0.25, 0.3) is 0 Å². The molecule has 1 fully saturated rings. The summed E-state index contributed by atoms with van der Waals surface area (Å²) in [5.74, 6) is 1.76. The molecule has 1 aliphatic carbocycles. The summed E-state index contributed by atoms with van der Waals surface area (Å²) in [6.45, 7) is 1.85. The van der Waals surface area contributed by atoms with Crippen LogP contribution in [0.4, 0.5) is 5.69 Å². The minimum atomic E-state index is 0.112. The monoisotopic (exact) mass is 468 g/mol.